The highest BCUT2D eigenvalue weighted by Crippen LogP contribution is 2.25. The molecule has 1 aromatic heterocycles. The molecular weight excluding hydrogens is 256 g/mol. The molecule has 0 amide bonds. The minimum atomic E-state index is -3.64. The van der Waals surface area contributed by atoms with Gasteiger partial charge in [-0.25, -0.2) is 8.42 Å². The second-order valence-corrected chi connectivity index (χ2v) is 5.88. The Morgan fingerprint density at radius 1 is 1.61 bits per heavy atom. The molecular formula is C10H14N4O3S. The quantitative estimate of drug-likeness (QED) is 0.347. The van der Waals surface area contributed by atoms with Crippen molar-refractivity contribution in [2.24, 2.45) is 10.9 Å². The predicted molar refractivity (Wildman–Crippen MR) is 64.6 cm³/mol. The SMILES string of the molecule is NC(=NO)C1CCCN1S(=O)(=O)c1cccnc1. The van der Waals surface area contributed by atoms with E-state index in [1.54, 1.807) is 6.07 Å². The van der Waals surface area contributed by atoms with E-state index in [1.165, 1.54) is 22.8 Å². The van der Waals surface area contributed by atoms with Crippen LogP contribution in [0.1, 0.15) is 12.8 Å². The number of nitrogens with zero attached hydrogens (tertiary/aromatic N) is 3. The smallest absolute Gasteiger partial charge is 0.245 e. The minimum absolute atomic E-state index is 0.0834. The van der Waals surface area contributed by atoms with Gasteiger partial charge in [0, 0.05) is 18.9 Å². The van der Waals surface area contributed by atoms with E-state index in [2.05, 4.69) is 10.1 Å². The Bertz CT molecular complexity index is 544. The number of nitrogens with two attached hydrogens (primary N) is 1. The van der Waals surface area contributed by atoms with Crippen molar-refractivity contribution in [1.82, 2.24) is 9.29 Å². The summed E-state index contributed by atoms with van der Waals surface area (Å²) in [6.45, 7) is 0.359. The molecule has 0 aromatic carbocycles. The van der Waals surface area contributed by atoms with Gasteiger partial charge in [-0.3, -0.25) is 4.98 Å². The number of hydrogen-bond acceptors (Lipinski definition) is 5. The molecule has 8 heteroatoms. The molecule has 98 valence electrons. The number of pyridine rings is 1. The molecule has 0 spiro atoms. The van der Waals surface area contributed by atoms with E-state index in [1.807, 2.05) is 0 Å². The molecule has 18 heavy (non-hydrogen) atoms. The zero-order valence-electron chi connectivity index (χ0n) is 9.60. The van der Waals surface area contributed by atoms with E-state index >= 15 is 0 Å². The molecule has 1 fully saturated rings. The second kappa shape index (κ2) is 4.91. The van der Waals surface area contributed by atoms with Crippen LogP contribution in [0.25, 0.3) is 0 Å². The van der Waals surface area contributed by atoms with Crippen molar-refractivity contribution in [2.45, 2.75) is 23.8 Å². The van der Waals surface area contributed by atoms with Gasteiger partial charge in [0.1, 0.15) is 4.90 Å². The molecule has 1 unspecified atom stereocenters. The molecule has 1 saturated heterocycles. The van der Waals surface area contributed by atoms with Crippen molar-refractivity contribution in [3.8, 4) is 0 Å². The zero-order valence-corrected chi connectivity index (χ0v) is 10.4. The van der Waals surface area contributed by atoms with Gasteiger partial charge in [0.25, 0.3) is 0 Å². The van der Waals surface area contributed by atoms with Crippen LogP contribution in [-0.4, -0.2) is 41.3 Å². The van der Waals surface area contributed by atoms with Gasteiger partial charge in [-0.05, 0) is 25.0 Å². The molecule has 2 rings (SSSR count). The summed E-state index contributed by atoms with van der Waals surface area (Å²) < 4.78 is 26.0. The van der Waals surface area contributed by atoms with Gasteiger partial charge in [0.2, 0.25) is 10.0 Å². The molecule has 1 atom stereocenters. The Morgan fingerprint density at radius 3 is 3.00 bits per heavy atom. The summed E-state index contributed by atoms with van der Waals surface area (Å²) in [5, 5.41) is 11.6. The molecule has 1 aliphatic rings. The van der Waals surface area contributed by atoms with Crippen molar-refractivity contribution in [1.29, 1.82) is 0 Å². The highest BCUT2D eigenvalue weighted by molar-refractivity contribution is 7.89. The first-order chi connectivity index (χ1) is 8.57. The zero-order chi connectivity index (χ0) is 13.2. The molecule has 1 aromatic rings. The number of amidine groups is 1. The lowest BCUT2D eigenvalue weighted by molar-refractivity contribution is 0.311. The summed E-state index contributed by atoms with van der Waals surface area (Å²) >= 11 is 0. The maximum absolute atomic E-state index is 12.4. The van der Waals surface area contributed by atoms with E-state index in [9.17, 15) is 8.42 Å². The van der Waals surface area contributed by atoms with Crippen LogP contribution < -0.4 is 5.73 Å². The summed E-state index contributed by atoms with van der Waals surface area (Å²) in [5.74, 6) is -0.0834. The van der Waals surface area contributed by atoms with E-state index in [0.717, 1.165) is 0 Å². The van der Waals surface area contributed by atoms with Gasteiger partial charge in [0.05, 0.1) is 6.04 Å². The fraction of sp³-hybridized carbons (Fsp3) is 0.400. The monoisotopic (exact) mass is 270 g/mol. The molecule has 0 aliphatic carbocycles. The summed E-state index contributed by atoms with van der Waals surface area (Å²) in [4.78, 5) is 3.91. The van der Waals surface area contributed by atoms with E-state index < -0.39 is 16.1 Å². The van der Waals surface area contributed by atoms with Gasteiger partial charge in [-0.2, -0.15) is 4.31 Å². The van der Waals surface area contributed by atoms with Gasteiger partial charge in [-0.15, -0.1) is 0 Å². The largest absolute Gasteiger partial charge is 0.409 e. The van der Waals surface area contributed by atoms with Crippen LogP contribution in [0, 0.1) is 0 Å². The first-order valence-corrected chi connectivity index (χ1v) is 6.90. The number of oxime groups is 1. The highest BCUT2D eigenvalue weighted by atomic mass is 32.2. The molecule has 0 saturated carbocycles. The number of hydrogen-bond donors (Lipinski definition) is 2. The Balaban J connectivity index is 2.36. The van der Waals surface area contributed by atoms with Crippen molar-refractivity contribution < 1.29 is 13.6 Å². The van der Waals surface area contributed by atoms with Crippen LogP contribution in [0.4, 0.5) is 0 Å². The van der Waals surface area contributed by atoms with Crippen molar-refractivity contribution in [3.63, 3.8) is 0 Å². The second-order valence-electron chi connectivity index (χ2n) is 3.99. The summed E-state index contributed by atoms with van der Waals surface area (Å²) in [5.41, 5.74) is 5.52. The highest BCUT2D eigenvalue weighted by Gasteiger charge is 2.37. The molecule has 7 nitrogen and oxygen atoms in total. The summed E-state index contributed by atoms with van der Waals surface area (Å²) in [6, 6.07) is 2.45. The maximum Gasteiger partial charge on any atom is 0.245 e. The standard InChI is InChI=1S/C10H14N4O3S/c11-10(13-15)9-4-2-6-14(9)18(16,17)8-3-1-5-12-7-8/h1,3,5,7,9,15H,2,4,6H2,(H2,11,13). The molecule has 0 bridgehead atoms. The van der Waals surface area contributed by atoms with Crippen LogP contribution in [0.15, 0.2) is 34.6 Å². The Kier molecular flexibility index (Phi) is 3.48. The molecule has 0 radical (unpaired) electrons. The minimum Gasteiger partial charge on any atom is -0.409 e. The third-order valence-corrected chi connectivity index (χ3v) is 4.79. The average Bonchev–Trinajstić information content (AvgIpc) is 2.89. The van der Waals surface area contributed by atoms with Crippen LogP contribution in [0.2, 0.25) is 0 Å². The van der Waals surface area contributed by atoms with Crippen LogP contribution in [0.5, 0.6) is 0 Å². The third kappa shape index (κ3) is 2.16. The number of aromatic nitrogens is 1. The lowest BCUT2D eigenvalue weighted by Gasteiger charge is -2.22. The topological polar surface area (TPSA) is 109 Å². The van der Waals surface area contributed by atoms with E-state index in [0.29, 0.717) is 19.4 Å². The predicted octanol–water partition coefficient (Wildman–Crippen LogP) is -0.0189. The Labute approximate surface area is 105 Å². The lowest BCUT2D eigenvalue weighted by atomic mass is 10.2. The van der Waals surface area contributed by atoms with Gasteiger partial charge in [-0.1, -0.05) is 5.16 Å². The van der Waals surface area contributed by atoms with Crippen molar-refractivity contribution >= 4 is 15.9 Å². The first-order valence-electron chi connectivity index (χ1n) is 5.46. The van der Waals surface area contributed by atoms with Gasteiger partial charge < -0.3 is 10.9 Å². The molecule has 1 aliphatic heterocycles. The van der Waals surface area contributed by atoms with Crippen LogP contribution in [-0.2, 0) is 10.0 Å². The summed E-state index contributed by atoms with van der Waals surface area (Å²) in [6.07, 6.45) is 4.02. The van der Waals surface area contributed by atoms with Crippen LogP contribution >= 0.6 is 0 Å². The average molecular weight is 270 g/mol. The lowest BCUT2D eigenvalue weighted by Crippen LogP contribution is -2.43. The first kappa shape index (κ1) is 12.8. The van der Waals surface area contributed by atoms with Crippen molar-refractivity contribution in [2.75, 3.05) is 6.54 Å². The third-order valence-electron chi connectivity index (χ3n) is 2.90. The fourth-order valence-electron chi connectivity index (χ4n) is 2.03. The molecule has 3 N–H and O–H groups in total. The Morgan fingerprint density at radius 2 is 2.39 bits per heavy atom. The normalized spacial score (nSPS) is 22.2. The number of rotatable bonds is 3. The number of sulfonamides is 1. The summed E-state index contributed by atoms with van der Waals surface area (Å²) in [7, 11) is -3.64. The van der Waals surface area contributed by atoms with E-state index in [-0.39, 0.29) is 10.7 Å². The molecule has 2 heterocycles. The Hall–Kier alpha value is -1.67. The van der Waals surface area contributed by atoms with Crippen LogP contribution in [0.3, 0.4) is 0 Å². The van der Waals surface area contributed by atoms with E-state index in [4.69, 9.17) is 10.9 Å². The van der Waals surface area contributed by atoms with Gasteiger partial charge in [0.15, 0.2) is 5.84 Å². The van der Waals surface area contributed by atoms with Crippen molar-refractivity contribution in [3.05, 3.63) is 24.5 Å². The maximum atomic E-state index is 12.4. The van der Waals surface area contributed by atoms with Gasteiger partial charge >= 0.3 is 0 Å². The fourth-order valence-corrected chi connectivity index (χ4v) is 3.66.